The molecule has 0 aliphatic rings. The first-order valence-electron chi connectivity index (χ1n) is 5.16. The van der Waals surface area contributed by atoms with Crippen molar-refractivity contribution in [2.45, 2.75) is 4.90 Å². The summed E-state index contributed by atoms with van der Waals surface area (Å²) in [5.41, 5.74) is 2.48. The lowest BCUT2D eigenvalue weighted by atomic mass is 10.2. The zero-order valence-corrected chi connectivity index (χ0v) is 9.97. The topological polar surface area (TPSA) is 29.4 Å². The first kappa shape index (κ1) is 11.6. The van der Waals surface area contributed by atoms with E-state index in [0.29, 0.717) is 5.56 Å². The van der Waals surface area contributed by atoms with Gasteiger partial charge in [0, 0.05) is 16.7 Å². The van der Waals surface area contributed by atoms with Crippen LogP contribution in [0.3, 0.4) is 0 Å². The van der Waals surface area contributed by atoms with Gasteiger partial charge in [-0.15, -0.1) is 12.6 Å². The smallest absolute Gasteiger partial charge is 0.150 e. The maximum atomic E-state index is 10.5. The zero-order valence-electron chi connectivity index (χ0n) is 9.08. The average Bonchev–Trinajstić information content (AvgIpc) is 2.37. The van der Waals surface area contributed by atoms with Crippen LogP contribution < -0.4 is 0 Å². The molecule has 0 spiro atoms. The SMILES string of the molecule is O=Cc1ccc(C=Nc2cccc(S)c2)cc1. The van der Waals surface area contributed by atoms with Gasteiger partial charge in [-0.3, -0.25) is 9.79 Å². The molecule has 3 heteroatoms. The number of aldehydes is 1. The maximum Gasteiger partial charge on any atom is 0.150 e. The highest BCUT2D eigenvalue weighted by molar-refractivity contribution is 7.80. The summed E-state index contributed by atoms with van der Waals surface area (Å²) in [4.78, 5) is 15.7. The standard InChI is InChI=1S/C14H11NOS/c16-10-12-6-4-11(5-7-12)9-15-13-2-1-3-14(17)8-13/h1-10,17H. The Morgan fingerprint density at radius 1 is 1.00 bits per heavy atom. The van der Waals surface area contributed by atoms with Crippen LogP contribution in [0.2, 0.25) is 0 Å². The summed E-state index contributed by atoms with van der Waals surface area (Å²) < 4.78 is 0. The van der Waals surface area contributed by atoms with Gasteiger partial charge in [-0.1, -0.05) is 30.3 Å². The molecule has 0 saturated heterocycles. The Kier molecular flexibility index (Phi) is 3.73. The van der Waals surface area contributed by atoms with Crippen molar-refractivity contribution in [2.24, 2.45) is 4.99 Å². The highest BCUT2D eigenvalue weighted by Crippen LogP contribution is 2.16. The van der Waals surface area contributed by atoms with Crippen molar-refractivity contribution < 1.29 is 4.79 Å². The van der Waals surface area contributed by atoms with E-state index in [4.69, 9.17) is 0 Å². The van der Waals surface area contributed by atoms with Crippen molar-refractivity contribution in [1.29, 1.82) is 0 Å². The Bertz CT molecular complexity index is 546. The van der Waals surface area contributed by atoms with Crippen LogP contribution in [0.1, 0.15) is 15.9 Å². The molecule has 0 saturated carbocycles. The third-order valence-corrected chi connectivity index (χ3v) is 2.54. The van der Waals surface area contributed by atoms with E-state index in [9.17, 15) is 4.79 Å². The first-order valence-corrected chi connectivity index (χ1v) is 5.61. The summed E-state index contributed by atoms with van der Waals surface area (Å²) in [7, 11) is 0. The maximum absolute atomic E-state index is 10.5. The molecule has 84 valence electrons. The lowest BCUT2D eigenvalue weighted by molar-refractivity contribution is 0.112. The Morgan fingerprint density at radius 3 is 2.35 bits per heavy atom. The molecule has 0 unspecified atom stereocenters. The van der Waals surface area contributed by atoms with Crippen LogP contribution in [0.5, 0.6) is 0 Å². The van der Waals surface area contributed by atoms with Gasteiger partial charge in [0.2, 0.25) is 0 Å². The second-order valence-electron chi connectivity index (χ2n) is 3.56. The number of hydrogen-bond donors (Lipinski definition) is 1. The molecule has 0 aliphatic heterocycles. The monoisotopic (exact) mass is 241 g/mol. The van der Waals surface area contributed by atoms with Crippen molar-refractivity contribution in [1.82, 2.24) is 0 Å². The summed E-state index contributed by atoms with van der Waals surface area (Å²) >= 11 is 4.25. The third kappa shape index (κ3) is 3.29. The molecule has 0 radical (unpaired) electrons. The fraction of sp³-hybridized carbons (Fsp3) is 0. The Balaban J connectivity index is 2.17. The number of nitrogens with zero attached hydrogens (tertiary/aromatic N) is 1. The molecule has 2 nitrogen and oxygen atoms in total. The minimum Gasteiger partial charge on any atom is -0.298 e. The second kappa shape index (κ2) is 5.46. The number of thiol groups is 1. The van der Waals surface area contributed by atoms with Gasteiger partial charge in [-0.05, 0) is 23.8 Å². The average molecular weight is 241 g/mol. The summed E-state index contributed by atoms with van der Waals surface area (Å²) in [6.07, 6.45) is 2.59. The number of aliphatic imine (C=N–C) groups is 1. The number of carbonyl (C=O) groups excluding carboxylic acids is 1. The zero-order chi connectivity index (χ0) is 12.1. The molecule has 0 fully saturated rings. The van der Waals surface area contributed by atoms with Crippen LogP contribution in [0.25, 0.3) is 0 Å². The molecule has 0 atom stereocenters. The predicted molar refractivity (Wildman–Crippen MR) is 72.8 cm³/mol. The van der Waals surface area contributed by atoms with E-state index in [1.807, 2.05) is 36.4 Å². The molecule has 0 aromatic heterocycles. The van der Waals surface area contributed by atoms with E-state index in [-0.39, 0.29) is 0 Å². The number of benzene rings is 2. The molecule has 0 heterocycles. The van der Waals surface area contributed by atoms with Crippen LogP contribution in [0.15, 0.2) is 58.4 Å². The largest absolute Gasteiger partial charge is 0.298 e. The highest BCUT2D eigenvalue weighted by Gasteiger charge is 1.91. The van der Waals surface area contributed by atoms with Crippen molar-refractivity contribution in [3.8, 4) is 0 Å². The predicted octanol–water partition coefficient (Wildman–Crippen LogP) is 3.54. The second-order valence-corrected chi connectivity index (χ2v) is 4.08. The van der Waals surface area contributed by atoms with Crippen molar-refractivity contribution in [3.05, 3.63) is 59.7 Å². The highest BCUT2D eigenvalue weighted by atomic mass is 32.1. The van der Waals surface area contributed by atoms with Gasteiger partial charge >= 0.3 is 0 Å². The van der Waals surface area contributed by atoms with Gasteiger partial charge < -0.3 is 0 Å². The molecule has 2 aromatic carbocycles. The fourth-order valence-corrected chi connectivity index (χ4v) is 1.60. The molecule has 2 rings (SSSR count). The quantitative estimate of drug-likeness (QED) is 0.497. The van der Waals surface area contributed by atoms with Gasteiger partial charge in [0.25, 0.3) is 0 Å². The molecule has 0 bridgehead atoms. The van der Waals surface area contributed by atoms with E-state index in [1.165, 1.54) is 0 Å². The molecule has 17 heavy (non-hydrogen) atoms. The number of hydrogen-bond acceptors (Lipinski definition) is 3. The number of rotatable bonds is 3. The van der Waals surface area contributed by atoms with E-state index in [2.05, 4.69) is 17.6 Å². The minimum atomic E-state index is 0.666. The van der Waals surface area contributed by atoms with Crippen LogP contribution >= 0.6 is 12.6 Å². The lowest BCUT2D eigenvalue weighted by Gasteiger charge is -1.96. The summed E-state index contributed by atoms with van der Waals surface area (Å²) in [6, 6.07) is 14.9. The molecular weight excluding hydrogens is 230 g/mol. The Hall–Kier alpha value is -1.87. The van der Waals surface area contributed by atoms with Crippen molar-refractivity contribution in [2.75, 3.05) is 0 Å². The van der Waals surface area contributed by atoms with Gasteiger partial charge in [-0.2, -0.15) is 0 Å². The van der Waals surface area contributed by atoms with E-state index < -0.39 is 0 Å². The normalized spacial score (nSPS) is 10.6. The van der Waals surface area contributed by atoms with Gasteiger partial charge in [0.05, 0.1) is 5.69 Å². The molecule has 0 amide bonds. The van der Waals surface area contributed by atoms with E-state index >= 15 is 0 Å². The van der Waals surface area contributed by atoms with Crippen molar-refractivity contribution >= 4 is 30.8 Å². The lowest BCUT2D eigenvalue weighted by Crippen LogP contribution is -1.83. The van der Waals surface area contributed by atoms with Crippen LogP contribution in [0.4, 0.5) is 5.69 Å². The molecule has 0 aliphatic carbocycles. The van der Waals surface area contributed by atoms with Crippen molar-refractivity contribution in [3.63, 3.8) is 0 Å². The van der Waals surface area contributed by atoms with Gasteiger partial charge in [-0.25, -0.2) is 0 Å². The van der Waals surface area contributed by atoms with E-state index in [1.54, 1.807) is 18.3 Å². The summed E-state index contributed by atoms with van der Waals surface area (Å²) in [6.45, 7) is 0. The Morgan fingerprint density at radius 2 is 1.71 bits per heavy atom. The van der Waals surface area contributed by atoms with Gasteiger partial charge in [0.1, 0.15) is 6.29 Å². The Labute approximate surface area is 105 Å². The van der Waals surface area contributed by atoms with Crippen LogP contribution in [-0.2, 0) is 0 Å². The van der Waals surface area contributed by atoms with Crippen LogP contribution in [0, 0.1) is 0 Å². The minimum absolute atomic E-state index is 0.666. The van der Waals surface area contributed by atoms with Gasteiger partial charge in [0.15, 0.2) is 0 Å². The summed E-state index contributed by atoms with van der Waals surface area (Å²) in [5, 5.41) is 0. The molecular formula is C14H11NOS. The summed E-state index contributed by atoms with van der Waals surface area (Å²) in [5.74, 6) is 0. The fourth-order valence-electron chi connectivity index (χ4n) is 1.38. The first-order chi connectivity index (χ1) is 8.28. The van der Waals surface area contributed by atoms with Crippen LogP contribution in [-0.4, -0.2) is 12.5 Å². The third-order valence-electron chi connectivity index (χ3n) is 2.26. The molecule has 0 N–H and O–H groups in total. The van der Waals surface area contributed by atoms with E-state index in [0.717, 1.165) is 22.4 Å². The molecule has 2 aromatic rings. The number of carbonyl (C=O) groups is 1.